The summed E-state index contributed by atoms with van der Waals surface area (Å²) in [4.78, 5) is 14.7. The van der Waals surface area contributed by atoms with Crippen LogP contribution in [0, 0.1) is 0 Å². The maximum atomic E-state index is 13.7. The normalized spacial score (nSPS) is 26.2. The minimum Gasteiger partial charge on any atom is -0.394 e. The van der Waals surface area contributed by atoms with Crippen molar-refractivity contribution in [3.05, 3.63) is 22.7 Å². The first-order valence-corrected chi connectivity index (χ1v) is 5.04. The van der Waals surface area contributed by atoms with Crippen molar-refractivity contribution in [2.24, 2.45) is 0 Å². The number of ether oxygens (including phenoxy) is 1. The number of rotatable bonds is 2. The minimum absolute atomic E-state index is 0. The fraction of sp³-hybridized carbons (Fsp3) is 0.636. The minimum atomic E-state index is -3.71. The maximum absolute atomic E-state index is 13.7. The van der Waals surface area contributed by atoms with E-state index in [1.165, 1.54) is 0 Å². The van der Waals surface area contributed by atoms with Crippen molar-refractivity contribution in [1.82, 2.24) is 9.55 Å². The fourth-order valence-electron chi connectivity index (χ4n) is 1.72. The summed E-state index contributed by atoms with van der Waals surface area (Å²) in [6.07, 6.45) is -4.69. The molecule has 1 saturated heterocycles. The van der Waals surface area contributed by atoms with Crippen molar-refractivity contribution in [2.75, 3.05) is 12.3 Å². The molecule has 3 unspecified atom stereocenters. The van der Waals surface area contributed by atoms with Crippen LogP contribution in [0.3, 0.4) is 0 Å². The van der Waals surface area contributed by atoms with Gasteiger partial charge in [0.25, 0.3) is 0 Å². The molecule has 2 heterocycles. The molecule has 0 saturated carbocycles. The molecule has 0 amide bonds. The Kier molecular flexibility index (Phi) is 8.01. The summed E-state index contributed by atoms with van der Waals surface area (Å²) >= 11 is 0. The van der Waals surface area contributed by atoms with E-state index in [9.17, 15) is 18.7 Å². The van der Waals surface area contributed by atoms with Crippen molar-refractivity contribution in [1.29, 1.82) is 0 Å². The topological polar surface area (TPSA) is 111 Å². The van der Waals surface area contributed by atoms with E-state index in [-0.39, 0.29) is 33.1 Å². The van der Waals surface area contributed by atoms with E-state index in [0.29, 0.717) is 4.57 Å². The summed E-state index contributed by atoms with van der Waals surface area (Å²) in [6, 6.07) is 1.15. The number of aliphatic hydroxyl groups is 2. The zero-order valence-corrected chi connectivity index (χ0v) is 10.3. The molecule has 0 bridgehead atoms. The van der Waals surface area contributed by atoms with Gasteiger partial charge < -0.3 is 20.7 Å². The highest BCUT2D eigenvalue weighted by Gasteiger charge is 2.59. The largest absolute Gasteiger partial charge is 0.394 e. The van der Waals surface area contributed by atoms with E-state index in [2.05, 4.69) is 4.98 Å². The molecule has 3 atom stereocenters. The van der Waals surface area contributed by atoms with Gasteiger partial charge in [0.15, 0.2) is 6.10 Å². The van der Waals surface area contributed by atoms with Crippen LogP contribution in [-0.4, -0.2) is 44.5 Å². The highest BCUT2D eigenvalue weighted by atomic mass is 35.5. The standard InChI is InChI=1S/C9H11F2N3O4.2CH4.ClH/c10-9(11)6(16)4(3-15)18-7(9)14-2-1-5(12)13-8(14)17;;;/h1-2,4,6-7,15-16H,3H2,(H2,12,13,17);2*1H4;1H. The Bertz CT molecular complexity index is 514. The van der Waals surface area contributed by atoms with Gasteiger partial charge in [-0.2, -0.15) is 13.8 Å². The molecule has 10 heteroatoms. The van der Waals surface area contributed by atoms with Crippen LogP contribution >= 0.6 is 12.4 Å². The number of hydrogen-bond acceptors (Lipinski definition) is 6. The van der Waals surface area contributed by atoms with Gasteiger partial charge in [0.2, 0.25) is 6.23 Å². The Balaban J connectivity index is 0. The summed E-state index contributed by atoms with van der Waals surface area (Å²) in [7, 11) is 0. The first kappa shape index (κ1) is 22.0. The van der Waals surface area contributed by atoms with Gasteiger partial charge in [-0.15, -0.1) is 12.4 Å². The number of nitrogens with zero attached hydrogens (tertiary/aromatic N) is 2. The third-order valence-electron chi connectivity index (χ3n) is 2.66. The van der Waals surface area contributed by atoms with Crippen LogP contribution < -0.4 is 11.4 Å². The third-order valence-corrected chi connectivity index (χ3v) is 2.66. The molecule has 1 aliphatic rings. The number of hydrogen-bond donors (Lipinski definition) is 3. The van der Waals surface area contributed by atoms with Crippen molar-refractivity contribution in [3.63, 3.8) is 0 Å². The first-order valence-electron chi connectivity index (χ1n) is 5.04. The molecule has 0 spiro atoms. The smallest absolute Gasteiger partial charge is 0.351 e. The number of anilines is 1. The number of halogens is 3. The van der Waals surface area contributed by atoms with Crippen LogP contribution in [0.1, 0.15) is 21.1 Å². The van der Waals surface area contributed by atoms with Gasteiger partial charge in [0, 0.05) is 6.20 Å². The van der Waals surface area contributed by atoms with E-state index < -0.39 is 36.7 Å². The number of nitrogens with two attached hydrogens (primary N) is 1. The van der Waals surface area contributed by atoms with Gasteiger partial charge in [-0.05, 0) is 6.07 Å². The van der Waals surface area contributed by atoms with Crippen molar-refractivity contribution in [3.8, 4) is 0 Å². The second-order valence-corrected chi connectivity index (χ2v) is 3.87. The van der Waals surface area contributed by atoms with Crippen LogP contribution in [0.15, 0.2) is 17.1 Å². The van der Waals surface area contributed by atoms with E-state index in [4.69, 9.17) is 15.6 Å². The van der Waals surface area contributed by atoms with Crippen LogP contribution in [0.2, 0.25) is 0 Å². The molecular formula is C11H20ClF2N3O4. The van der Waals surface area contributed by atoms with Crippen LogP contribution in [-0.2, 0) is 4.74 Å². The zero-order chi connectivity index (χ0) is 13.5. The lowest BCUT2D eigenvalue weighted by Crippen LogP contribution is -2.41. The summed E-state index contributed by atoms with van der Waals surface area (Å²) in [6.45, 7) is -0.787. The fourth-order valence-corrected chi connectivity index (χ4v) is 1.72. The lowest BCUT2D eigenvalue weighted by Gasteiger charge is -2.20. The van der Waals surface area contributed by atoms with Gasteiger partial charge in [0.05, 0.1) is 6.61 Å². The molecule has 2 rings (SSSR count). The average Bonchev–Trinajstić information content (AvgIpc) is 2.52. The number of nitrogen functional groups attached to an aromatic ring is 1. The molecule has 4 N–H and O–H groups in total. The predicted molar refractivity (Wildman–Crippen MR) is 75.6 cm³/mol. The van der Waals surface area contributed by atoms with Crippen LogP contribution in [0.5, 0.6) is 0 Å². The molecule has 21 heavy (non-hydrogen) atoms. The van der Waals surface area contributed by atoms with E-state index in [0.717, 1.165) is 12.3 Å². The van der Waals surface area contributed by atoms with E-state index in [1.54, 1.807) is 0 Å². The number of aromatic nitrogens is 2. The second-order valence-electron chi connectivity index (χ2n) is 3.87. The first-order chi connectivity index (χ1) is 8.37. The molecule has 7 nitrogen and oxygen atoms in total. The quantitative estimate of drug-likeness (QED) is 0.723. The molecule has 124 valence electrons. The Morgan fingerprint density at radius 2 is 2.05 bits per heavy atom. The van der Waals surface area contributed by atoms with Gasteiger partial charge in [0.1, 0.15) is 11.9 Å². The highest BCUT2D eigenvalue weighted by molar-refractivity contribution is 5.85. The third kappa shape index (κ3) is 3.67. The average molecular weight is 332 g/mol. The molecule has 0 aliphatic carbocycles. The van der Waals surface area contributed by atoms with Crippen molar-refractivity contribution < 1.29 is 23.7 Å². The Morgan fingerprint density at radius 1 is 1.48 bits per heavy atom. The van der Waals surface area contributed by atoms with E-state index >= 15 is 0 Å². The zero-order valence-electron chi connectivity index (χ0n) is 9.44. The molecule has 1 aromatic heterocycles. The van der Waals surface area contributed by atoms with E-state index in [1.807, 2.05) is 0 Å². The summed E-state index contributed by atoms with van der Waals surface area (Å²) in [5.41, 5.74) is 4.21. The van der Waals surface area contributed by atoms with Crippen LogP contribution in [0.25, 0.3) is 0 Å². The molecule has 1 fully saturated rings. The predicted octanol–water partition coefficient (Wildman–Crippen LogP) is 0.405. The Hall–Kier alpha value is -1.29. The summed E-state index contributed by atoms with van der Waals surface area (Å²) in [5.74, 6) is -3.83. The Morgan fingerprint density at radius 3 is 2.48 bits per heavy atom. The number of aliphatic hydroxyl groups excluding tert-OH is 2. The van der Waals surface area contributed by atoms with Gasteiger partial charge in [-0.1, -0.05) is 14.9 Å². The summed E-state index contributed by atoms with van der Waals surface area (Å²) < 4.78 is 32.7. The van der Waals surface area contributed by atoms with Crippen molar-refractivity contribution >= 4 is 18.2 Å². The van der Waals surface area contributed by atoms with Gasteiger partial charge in [-0.25, -0.2) is 4.79 Å². The highest BCUT2D eigenvalue weighted by Crippen LogP contribution is 2.41. The summed E-state index contributed by atoms with van der Waals surface area (Å²) in [5, 5.41) is 18.1. The Labute approximate surface area is 126 Å². The molecular weight excluding hydrogens is 312 g/mol. The maximum Gasteiger partial charge on any atom is 0.351 e. The SMILES string of the molecule is C.C.Cl.Nc1ccn(C2OC(CO)C(O)C2(F)F)c(=O)n1. The number of alkyl halides is 2. The molecule has 1 aromatic rings. The molecule has 0 radical (unpaired) electrons. The van der Waals surface area contributed by atoms with Gasteiger partial charge >= 0.3 is 11.6 Å². The molecule has 0 aromatic carbocycles. The van der Waals surface area contributed by atoms with Gasteiger partial charge in [-0.3, -0.25) is 4.57 Å². The monoisotopic (exact) mass is 331 g/mol. The molecule has 1 aliphatic heterocycles. The lowest BCUT2D eigenvalue weighted by atomic mass is 10.1. The lowest BCUT2D eigenvalue weighted by molar-refractivity contribution is -0.140. The second kappa shape index (κ2) is 7.64. The van der Waals surface area contributed by atoms with Crippen molar-refractivity contribution in [2.45, 2.75) is 39.2 Å². The van der Waals surface area contributed by atoms with Crippen LogP contribution in [0.4, 0.5) is 14.6 Å².